The molecular formula is C13H19F3O5. The fourth-order valence-electron chi connectivity index (χ4n) is 2.67. The van der Waals surface area contributed by atoms with Gasteiger partial charge < -0.3 is 18.9 Å². The Labute approximate surface area is 120 Å². The van der Waals surface area contributed by atoms with Gasteiger partial charge in [-0.2, -0.15) is 13.2 Å². The van der Waals surface area contributed by atoms with Gasteiger partial charge in [0.25, 0.3) is 0 Å². The topological polar surface area (TPSA) is 54.0 Å². The van der Waals surface area contributed by atoms with Crippen LogP contribution in [0.25, 0.3) is 0 Å². The summed E-state index contributed by atoms with van der Waals surface area (Å²) >= 11 is 0. The lowest BCUT2D eigenvalue weighted by Gasteiger charge is -2.24. The van der Waals surface area contributed by atoms with E-state index in [1.165, 1.54) is 7.11 Å². The second-order valence-electron chi connectivity index (χ2n) is 5.66. The highest BCUT2D eigenvalue weighted by atomic mass is 19.4. The molecule has 2 fully saturated rings. The Morgan fingerprint density at radius 2 is 1.95 bits per heavy atom. The zero-order valence-electron chi connectivity index (χ0n) is 12.1. The predicted octanol–water partition coefficient (Wildman–Crippen LogP) is 2.18. The molecule has 0 aliphatic carbocycles. The highest BCUT2D eigenvalue weighted by Crippen LogP contribution is 2.39. The normalized spacial score (nSPS) is 35.0. The minimum absolute atomic E-state index is 0.0751. The monoisotopic (exact) mass is 312 g/mol. The third kappa shape index (κ3) is 3.74. The van der Waals surface area contributed by atoms with Crippen molar-refractivity contribution >= 4 is 5.78 Å². The molecule has 4 atom stereocenters. The SMILES string of the molecule is COC1C(CCCC(=O)C(F)(F)F)O[C@@H]2OC(C)(C)O[C@H]12. The smallest absolute Gasteiger partial charge is 0.376 e. The van der Waals surface area contributed by atoms with E-state index >= 15 is 0 Å². The molecule has 0 radical (unpaired) electrons. The van der Waals surface area contributed by atoms with Gasteiger partial charge in [0, 0.05) is 13.5 Å². The van der Waals surface area contributed by atoms with Crippen LogP contribution in [0.5, 0.6) is 0 Å². The van der Waals surface area contributed by atoms with E-state index in [0.29, 0.717) is 0 Å². The van der Waals surface area contributed by atoms with Crippen molar-refractivity contribution in [2.45, 2.75) is 69.7 Å². The number of halogens is 3. The minimum atomic E-state index is -4.77. The Bertz CT molecular complexity index is 396. The predicted molar refractivity (Wildman–Crippen MR) is 64.4 cm³/mol. The molecule has 2 unspecified atom stereocenters. The van der Waals surface area contributed by atoms with Crippen LogP contribution < -0.4 is 0 Å². The maximum absolute atomic E-state index is 12.1. The van der Waals surface area contributed by atoms with Crippen molar-refractivity contribution in [1.29, 1.82) is 0 Å². The average molecular weight is 312 g/mol. The summed E-state index contributed by atoms with van der Waals surface area (Å²) in [5.41, 5.74) is 0. The number of alkyl halides is 3. The largest absolute Gasteiger partial charge is 0.449 e. The van der Waals surface area contributed by atoms with E-state index in [2.05, 4.69) is 0 Å². The van der Waals surface area contributed by atoms with Crippen LogP contribution >= 0.6 is 0 Å². The minimum Gasteiger partial charge on any atom is -0.376 e. The number of methoxy groups -OCH3 is 1. The summed E-state index contributed by atoms with van der Waals surface area (Å²) in [6, 6.07) is 0. The van der Waals surface area contributed by atoms with Gasteiger partial charge in [0.15, 0.2) is 12.1 Å². The molecule has 5 nitrogen and oxygen atoms in total. The maximum atomic E-state index is 12.1. The fraction of sp³-hybridized carbons (Fsp3) is 0.923. The Morgan fingerprint density at radius 1 is 1.29 bits per heavy atom. The highest BCUT2D eigenvalue weighted by Gasteiger charge is 2.54. The fourth-order valence-corrected chi connectivity index (χ4v) is 2.67. The molecule has 122 valence electrons. The van der Waals surface area contributed by atoms with Crippen LogP contribution in [-0.4, -0.2) is 49.5 Å². The molecule has 0 saturated carbocycles. The molecule has 8 heteroatoms. The molecule has 0 N–H and O–H groups in total. The number of carbonyl (C=O) groups is 1. The van der Waals surface area contributed by atoms with E-state index in [1.807, 2.05) is 0 Å². The molecule has 2 saturated heterocycles. The van der Waals surface area contributed by atoms with Gasteiger partial charge in [-0.25, -0.2) is 0 Å². The van der Waals surface area contributed by atoms with Crippen LogP contribution in [0.2, 0.25) is 0 Å². The molecular weight excluding hydrogens is 293 g/mol. The summed E-state index contributed by atoms with van der Waals surface area (Å²) in [6.07, 6.45) is -6.83. The van der Waals surface area contributed by atoms with Gasteiger partial charge in [0.2, 0.25) is 5.78 Å². The summed E-state index contributed by atoms with van der Waals surface area (Å²) in [5, 5.41) is 0. The van der Waals surface area contributed by atoms with E-state index in [1.54, 1.807) is 13.8 Å². The van der Waals surface area contributed by atoms with Crippen molar-refractivity contribution in [3.63, 3.8) is 0 Å². The zero-order chi connectivity index (χ0) is 15.8. The lowest BCUT2D eigenvalue weighted by atomic mass is 10.0. The summed E-state index contributed by atoms with van der Waals surface area (Å²) in [7, 11) is 1.49. The summed E-state index contributed by atoms with van der Waals surface area (Å²) < 4.78 is 58.5. The molecule has 0 aromatic heterocycles. The molecule has 0 aromatic carbocycles. The van der Waals surface area contributed by atoms with Crippen molar-refractivity contribution in [2.24, 2.45) is 0 Å². The Balaban J connectivity index is 1.84. The molecule has 2 rings (SSSR count). The number of hydrogen-bond acceptors (Lipinski definition) is 5. The lowest BCUT2D eigenvalue weighted by molar-refractivity contribution is -0.217. The van der Waals surface area contributed by atoms with Gasteiger partial charge in [-0.1, -0.05) is 0 Å². The first-order chi connectivity index (χ1) is 9.64. The van der Waals surface area contributed by atoms with Gasteiger partial charge in [-0.15, -0.1) is 0 Å². The second kappa shape index (κ2) is 5.83. The standard InChI is InChI=1S/C13H19F3O5/c1-12(2)20-10-9(18-3)7(19-11(10)21-12)5-4-6-8(17)13(14,15)16/h7,9-11H,4-6H2,1-3H3/t7?,9?,10-,11-/m1/s1. The Hall–Kier alpha value is -0.700. The number of ether oxygens (including phenoxy) is 4. The molecule has 21 heavy (non-hydrogen) atoms. The zero-order valence-corrected chi connectivity index (χ0v) is 12.1. The molecule has 0 amide bonds. The van der Waals surface area contributed by atoms with Gasteiger partial charge in [-0.05, 0) is 26.7 Å². The van der Waals surface area contributed by atoms with E-state index < -0.39 is 48.8 Å². The number of hydrogen-bond donors (Lipinski definition) is 0. The van der Waals surface area contributed by atoms with Gasteiger partial charge >= 0.3 is 6.18 Å². The highest BCUT2D eigenvalue weighted by molar-refractivity contribution is 5.83. The third-order valence-corrected chi connectivity index (χ3v) is 3.57. The number of fused-ring (bicyclic) bond motifs is 1. The lowest BCUT2D eigenvalue weighted by Crippen LogP contribution is -2.36. The van der Waals surface area contributed by atoms with Crippen molar-refractivity contribution < 1.29 is 36.9 Å². The summed E-state index contributed by atoms with van der Waals surface area (Å²) in [5.74, 6) is -2.49. The van der Waals surface area contributed by atoms with Crippen LogP contribution in [-0.2, 0) is 23.7 Å². The molecule has 0 bridgehead atoms. The van der Waals surface area contributed by atoms with E-state index in [-0.39, 0.29) is 12.8 Å². The maximum Gasteiger partial charge on any atom is 0.449 e. The molecule has 2 heterocycles. The first-order valence-corrected chi connectivity index (χ1v) is 6.78. The van der Waals surface area contributed by atoms with Crippen LogP contribution in [0.4, 0.5) is 13.2 Å². The third-order valence-electron chi connectivity index (χ3n) is 3.57. The summed E-state index contributed by atoms with van der Waals surface area (Å²) in [6.45, 7) is 3.50. The summed E-state index contributed by atoms with van der Waals surface area (Å²) in [4.78, 5) is 10.8. The van der Waals surface area contributed by atoms with Gasteiger partial charge in [0.1, 0.15) is 12.2 Å². The van der Waals surface area contributed by atoms with Gasteiger partial charge in [0.05, 0.1) is 6.10 Å². The molecule has 0 aromatic rings. The molecule has 0 spiro atoms. The Morgan fingerprint density at radius 3 is 2.52 bits per heavy atom. The average Bonchev–Trinajstić information content (AvgIpc) is 2.78. The first kappa shape index (κ1) is 16.7. The van der Waals surface area contributed by atoms with E-state index in [0.717, 1.165) is 0 Å². The van der Waals surface area contributed by atoms with Crippen LogP contribution in [0.3, 0.4) is 0 Å². The number of rotatable bonds is 5. The first-order valence-electron chi connectivity index (χ1n) is 6.78. The second-order valence-corrected chi connectivity index (χ2v) is 5.66. The molecule has 2 aliphatic heterocycles. The van der Waals surface area contributed by atoms with Crippen molar-refractivity contribution in [3.8, 4) is 0 Å². The van der Waals surface area contributed by atoms with Gasteiger partial charge in [-0.3, -0.25) is 4.79 Å². The van der Waals surface area contributed by atoms with Crippen molar-refractivity contribution in [3.05, 3.63) is 0 Å². The van der Waals surface area contributed by atoms with Crippen LogP contribution in [0, 0.1) is 0 Å². The van der Waals surface area contributed by atoms with E-state index in [4.69, 9.17) is 18.9 Å². The molecule has 2 aliphatic rings. The van der Waals surface area contributed by atoms with Crippen LogP contribution in [0.1, 0.15) is 33.1 Å². The number of ketones is 1. The quantitative estimate of drug-likeness (QED) is 0.779. The van der Waals surface area contributed by atoms with Crippen LogP contribution in [0.15, 0.2) is 0 Å². The number of carbonyl (C=O) groups excluding carboxylic acids is 1. The number of Topliss-reactive ketones (excluding diaryl/α,β-unsaturated/α-hetero) is 1. The van der Waals surface area contributed by atoms with Crippen molar-refractivity contribution in [1.82, 2.24) is 0 Å². The van der Waals surface area contributed by atoms with E-state index in [9.17, 15) is 18.0 Å². The van der Waals surface area contributed by atoms with Crippen molar-refractivity contribution in [2.75, 3.05) is 7.11 Å². The Kier molecular flexibility index (Phi) is 4.63.